The molecule has 0 amide bonds. The van der Waals surface area contributed by atoms with Gasteiger partial charge in [-0.1, -0.05) is 0 Å². The van der Waals surface area contributed by atoms with Crippen LogP contribution in [0.4, 0.5) is 5.69 Å². The lowest BCUT2D eigenvalue weighted by atomic mass is 9.90. The molecule has 1 rings (SSSR count). The molecule has 1 heterocycles. The third kappa shape index (κ3) is 3.52. The predicted molar refractivity (Wildman–Crippen MR) is 68.1 cm³/mol. The first-order valence-electron chi connectivity index (χ1n) is 5.43. The molecule has 0 aliphatic heterocycles. The molecule has 100 valence electrons. The van der Waals surface area contributed by atoms with Crippen molar-refractivity contribution in [3.63, 3.8) is 0 Å². The predicted octanol–water partition coefficient (Wildman–Crippen LogP) is -0.0534. The van der Waals surface area contributed by atoms with Gasteiger partial charge in [0.15, 0.2) is 0 Å². The van der Waals surface area contributed by atoms with Gasteiger partial charge >= 0.3 is 5.97 Å². The Labute approximate surface area is 109 Å². The van der Waals surface area contributed by atoms with Crippen LogP contribution >= 0.6 is 11.6 Å². The van der Waals surface area contributed by atoms with E-state index in [0.717, 1.165) is 0 Å². The smallest absolute Gasteiger partial charge is 0.321 e. The minimum absolute atomic E-state index is 0.00883. The van der Waals surface area contributed by atoms with Gasteiger partial charge in [0.25, 0.3) is 0 Å². The maximum atomic E-state index is 11.0. The van der Waals surface area contributed by atoms with Crippen LogP contribution < -0.4 is 17.2 Å². The van der Waals surface area contributed by atoms with Gasteiger partial charge in [-0.05, 0) is 31.0 Å². The first-order valence-corrected chi connectivity index (χ1v) is 5.81. The molecule has 0 fully saturated rings. The number of hydrogen-bond acceptors (Lipinski definition) is 6. The minimum Gasteiger partial charge on any atom is -0.480 e. The number of carboxylic acid groups (broad SMARTS) is 1. The van der Waals surface area contributed by atoms with Gasteiger partial charge in [0.1, 0.15) is 6.04 Å². The number of nitrogens with zero attached hydrogens (tertiary/aromatic N) is 2. The highest BCUT2D eigenvalue weighted by Crippen LogP contribution is 2.27. The summed E-state index contributed by atoms with van der Waals surface area (Å²) in [7, 11) is 0. The average molecular weight is 274 g/mol. The Hall–Kier alpha value is -1.44. The number of nitrogens with two attached hydrogens (primary N) is 3. The van der Waals surface area contributed by atoms with Crippen molar-refractivity contribution in [1.82, 2.24) is 9.97 Å². The largest absolute Gasteiger partial charge is 0.480 e. The third-order valence-electron chi connectivity index (χ3n) is 2.61. The molecular formula is C10H16ClN5O2. The Morgan fingerprint density at radius 3 is 2.78 bits per heavy atom. The van der Waals surface area contributed by atoms with Crippen molar-refractivity contribution in [2.75, 3.05) is 12.3 Å². The van der Waals surface area contributed by atoms with Crippen LogP contribution in [0.15, 0.2) is 6.20 Å². The van der Waals surface area contributed by atoms with Crippen molar-refractivity contribution in [2.45, 2.75) is 24.8 Å². The van der Waals surface area contributed by atoms with Crippen LogP contribution in [0.5, 0.6) is 0 Å². The van der Waals surface area contributed by atoms with E-state index in [2.05, 4.69) is 9.97 Å². The zero-order valence-corrected chi connectivity index (χ0v) is 10.5. The van der Waals surface area contributed by atoms with Crippen LogP contribution in [-0.4, -0.2) is 33.6 Å². The summed E-state index contributed by atoms with van der Waals surface area (Å²) >= 11 is 5.69. The van der Waals surface area contributed by atoms with E-state index in [0.29, 0.717) is 25.1 Å². The molecule has 0 aliphatic carbocycles. The number of halogens is 1. The van der Waals surface area contributed by atoms with Gasteiger partial charge in [-0.25, -0.2) is 9.97 Å². The Morgan fingerprint density at radius 1 is 1.56 bits per heavy atom. The van der Waals surface area contributed by atoms with Crippen LogP contribution in [-0.2, 0) is 4.79 Å². The first-order chi connectivity index (χ1) is 8.47. The molecule has 1 unspecified atom stereocenters. The summed E-state index contributed by atoms with van der Waals surface area (Å²) in [5, 5.41) is 9.01. The first kappa shape index (κ1) is 14.6. The highest BCUT2D eigenvalue weighted by atomic mass is 35.5. The van der Waals surface area contributed by atoms with Gasteiger partial charge in [0.05, 0.1) is 17.6 Å². The average Bonchev–Trinajstić information content (AvgIpc) is 2.33. The van der Waals surface area contributed by atoms with E-state index >= 15 is 0 Å². The second kappa shape index (κ2) is 6.48. The van der Waals surface area contributed by atoms with E-state index in [1.807, 2.05) is 0 Å². The van der Waals surface area contributed by atoms with Crippen molar-refractivity contribution >= 4 is 23.3 Å². The third-order valence-corrected chi connectivity index (χ3v) is 2.79. The zero-order chi connectivity index (χ0) is 13.7. The number of nitrogen functional groups attached to an aromatic ring is 1. The van der Waals surface area contributed by atoms with Gasteiger partial charge in [-0.15, -0.1) is 0 Å². The Morgan fingerprint density at radius 2 is 2.22 bits per heavy atom. The fourth-order valence-corrected chi connectivity index (χ4v) is 1.81. The van der Waals surface area contributed by atoms with Crippen molar-refractivity contribution in [2.24, 2.45) is 11.5 Å². The Bertz CT molecular complexity index is 429. The topological polar surface area (TPSA) is 141 Å². The lowest BCUT2D eigenvalue weighted by molar-refractivity contribution is -0.139. The van der Waals surface area contributed by atoms with E-state index in [4.69, 9.17) is 33.9 Å². The molecule has 7 nitrogen and oxygen atoms in total. The van der Waals surface area contributed by atoms with Gasteiger partial charge in [-0.2, -0.15) is 0 Å². The highest BCUT2D eigenvalue weighted by Gasteiger charge is 2.28. The van der Waals surface area contributed by atoms with Crippen LogP contribution in [0.2, 0.25) is 5.28 Å². The van der Waals surface area contributed by atoms with Crippen molar-refractivity contribution in [3.8, 4) is 0 Å². The number of aromatic nitrogens is 2. The number of hydrogen-bond donors (Lipinski definition) is 4. The minimum atomic E-state index is -1.12. The molecule has 1 aromatic rings. The van der Waals surface area contributed by atoms with Gasteiger partial charge < -0.3 is 22.3 Å². The van der Waals surface area contributed by atoms with E-state index in [-0.39, 0.29) is 11.0 Å². The van der Waals surface area contributed by atoms with Crippen LogP contribution in [0.1, 0.15) is 24.5 Å². The van der Waals surface area contributed by atoms with Crippen molar-refractivity contribution < 1.29 is 9.90 Å². The highest BCUT2D eigenvalue weighted by molar-refractivity contribution is 6.28. The molecule has 0 bridgehead atoms. The normalized spacial score (nSPS) is 14.2. The molecule has 7 N–H and O–H groups in total. The summed E-state index contributed by atoms with van der Waals surface area (Å²) in [5.41, 5.74) is 17.4. The number of carboxylic acids is 1. The number of carbonyl (C=O) groups is 1. The molecule has 0 aromatic carbocycles. The molecule has 18 heavy (non-hydrogen) atoms. The quantitative estimate of drug-likeness (QED) is 0.532. The lowest BCUT2D eigenvalue weighted by Crippen LogP contribution is -2.37. The molecule has 0 saturated heterocycles. The van der Waals surface area contributed by atoms with Gasteiger partial charge in [0.2, 0.25) is 5.28 Å². The maximum Gasteiger partial charge on any atom is 0.321 e. The molecular weight excluding hydrogens is 258 g/mol. The summed E-state index contributed by atoms with van der Waals surface area (Å²) in [6, 6.07) is -1.11. The Kier molecular flexibility index (Phi) is 5.26. The van der Waals surface area contributed by atoms with Gasteiger partial charge in [-0.3, -0.25) is 4.79 Å². The van der Waals surface area contributed by atoms with E-state index in [1.165, 1.54) is 6.20 Å². The van der Waals surface area contributed by atoms with Gasteiger partial charge in [0, 0.05) is 5.92 Å². The van der Waals surface area contributed by atoms with E-state index in [9.17, 15) is 4.79 Å². The fourth-order valence-electron chi connectivity index (χ4n) is 1.67. The monoisotopic (exact) mass is 273 g/mol. The summed E-state index contributed by atoms with van der Waals surface area (Å²) < 4.78 is 0. The van der Waals surface area contributed by atoms with E-state index in [1.54, 1.807) is 0 Å². The zero-order valence-electron chi connectivity index (χ0n) is 9.71. The summed E-state index contributed by atoms with van der Waals surface area (Å²) in [6.45, 7) is 0.432. The lowest BCUT2D eigenvalue weighted by Gasteiger charge is -2.21. The molecule has 0 spiro atoms. The molecule has 0 aliphatic rings. The summed E-state index contributed by atoms with van der Waals surface area (Å²) in [6.07, 6.45) is 2.43. The van der Waals surface area contributed by atoms with Crippen LogP contribution in [0.25, 0.3) is 0 Å². The second-order valence-corrected chi connectivity index (χ2v) is 4.22. The second-order valence-electron chi connectivity index (χ2n) is 3.88. The number of rotatable bonds is 6. The molecule has 0 radical (unpaired) electrons. The summed E-state index contributed by atoms with van der Waals surface area (Å²) in [5.74, 6) is -1.65. The molecule has 1 aromatic heterocycles. The fraction of sp³-hybridized carbons (Fsp3) is 0.500. The van der Waals surface area contributed by atoms with Crippen molar-refractivity contribution in [3.05, 3.63) is 17.2 Å². The molecule has 2 atom stereocenters. The molecule has 0 saturated carbocycles. The van der Waals surface area contributed by atoms with Crippen LogP contribution in [0, 0.1) is 0 Å². The number of aliphatic carboxylic acids is 1. The van der Waals surface area contributed by atoms with Crippen molar-refractivity contribution in [1.29, 1.82) is 0 Å². The van der Waals surface area contributed by atoms with Crippen LogP contribution in [0.3, 0.4) is 0 Å². The molecule has 8 heteroatoms. The number of anilines is 1. The van der Waals surface area contributed by atoms with E-state index < -0.39 is 17.9 Å². The Balaban J connectivity index is 3.07. The maximum absolute atomic E-state index is 11.0. The standard InChI is InChI=1S/C10H16ClN5O2/c11-10-15-4-6(13)8(16-10)5(2-1-3-12)7(14)9(17)18/h4-5,7H,1-3,12-14H2,(H,17,18)/t5?,7-/m0/s1. The summed E-state index contributed by atoms with van der Waals surface area (Å²) in [4.78, 5) is 18.7. The SMILES string of the molecule is NCCCC(c1nc(Cl)ncc1N)[C@H](N)C(=O)O.